The maximum Gasteiger partial charge on any atom is 0.272 e. The van der Waals surface area contributed by atoms with Crippen LogP contribution in [-0.4, -0.2) is 21.2 Å². The number of nitrogens with one attached hydrogen (secondary N) is 1. The number of alkyl halides is 3. The number of rotatable bonds is 4. The van der Waals surface area contributed by atoms with E-state index in [0.717, 1.165) is 21.8 Å². The summed E-state index contributed by atoms with van der Waals surface area (Å²) in [6.07, 6.45) is 0.670. The molecule has 7 heteroatoms. The average molecular weight is 364 g/mol. The van der Waals surface area contributed by atoms with Gasteiger partial charge in [-0.15, -0.1) is 11.3 Å². The van der Waals surface area contributed by atoms with E-state index >= 15 is 0 Å². The van der Waals surface area contributed by atoms with E-state index in [4.69, 9.17) is 34.8 Å². The molecule has 0 spiro atoms. The van der Waals surface area contributed by atoms with Gasteiger partial charge in [0.25, 0.3) is 9.70 Å². The number of aryl methyl sites for hydroxylation is 1. The highest BCUT2D eigenvalue weighted by molar-refractivity contribution is 7.09. The normalized spacial score (nSPS) is 11.4. The molecule has 1 aromatic carbocycles. The number of benzene rings is 1. The molecule has 0 aliphatic heterocycles. The Morgan fingerprint density at radius 3 is 2.48 bits per heavy atom. The molecule has 1 N–H and O–H groups in total. The largest absolute Gasteiger partial charge is 0.352 e. The molecule has 0 fully saturated rings. The summed E-state index contributed by atoms with van der Waals surface area (Å²) in [5.41, 5.74) is 3.15. The van der Waals surface area contributed by atoms with Crippen molar-refractivity contribution in [3.05, 3.63) is 40.2 Å². The zero-order valence-electron chi connectivity index (χ0n) is 11.2. The van der Waals surface area contributed by atoms with Gasteiger partial charge >= 0.3 is 0 Å². The molecule has 21 heavy (non-hydrogen) atoms. The van der Waals surface area contributed by atoms with Gasteiger partial charge in [-0.1, -0.05) is 59.1 Å². The van der Waals surface area contributed by atoms with Crippen LogP contribution in [0.15, 0.2) is 29.6 Å². The second kappa shape index (κ2) is 6.97. The first-order valence-electron chi connectivity index (χ1n) is 6.23. The number of nitrogens with zero attached hydrogens (tertiary/aromatic N) is 1. The lowest BCUT2D eigenvalue weighted by atomic mass is 10.1. The Morgan fingerprint density at radius 1 is 1.29 bits per heavy atom. The molecular weight excluding hydrogens is 351 g/mol. The van der Waals surface area contributed by atoms with Crippen LogP contribution in [0.3, 0.4) is 0 Å². The van der Waals surface area contributed by atoms with E-state index in [1.165, 1.54) is 0 Å². The second-order valence-electron chi connectivity index (χ2n) is 4.45. The van der Waals surface area contributed by atoms with Gasteiger partial charge in [-0.3, -0.25) is 4.79 Å². The average Bonchev–Trinajstić information content (AvgIpc) is 2.85. The molecule has 0 aliphatic carbocycles. The molecule has 3 nitrogen and oxygen atoms in total. The van der Waals surface area contributed by atoms with Crippen molar-refractivity contribution >= 4 is 52.0 Å². The van der Waals surface area contributed by atoms with E-state index in [1.807, 2.05) is 36.6 Å². The third kappa shape index (κ3) is 4.85. The molecule has 0 atom stereocenters. The van der Waals surface area contributed by atoms with E-state index in [-0.39, 0.29) is 0 Å². The lowest BCUT2D eigenvalue weighted by molar-refractivity contribution is -0.120. The van der Waals surface area contributed by atoms with Gasteiger partial charge in [0.1, 0.15) is 0 Å². The summed E-state index contributed by atoms with van der Waals surface area (Å²) >= 11 is 18.0. The number of carbonyl (C=O) groups is 1. The van der Waals surface area contributed by atoms with Crippen LogP contribution in [0.5, 0.6) is 0 Å². The summed E-state index contributed by atoms with van der Waals surface area (Å²) in [6, 6.07) is 8.04. The SMILES string of the molecule is Cc1nc(-c2ccc(CCNC(=O)C(Cl)(Cl)Cl)cc2)cs1. The maximum atomic E-state index is 11.4. The van der Waals surface area contributed by atoms with Gasteiger partial charge in [0.15, 0.2) is 0 Å². The second-order valence-corrected chi connectivity index (χ2v) is 7.80. The van der Waals surface area contributed by atoms with Crippen molar-refractivity contribution in [2.75, 3.05) is 6.54 Å². The van der Waals surface area contributed by atoms with E-state index in [0.29, 0.717) is 13.0 Å². The zero-order valence-corrected chi connectivity index (χ0v) is 14.3. The minimum absolute atomic E-state index is 0.419. The fraction of sp³-hybridized carbons (Fsp3) is 0.286. The van der Waals surface area contributed by atoms with Crippen molar-refractivity contribution in [2.24, 2.45) is 0 Å². The van der Waals surface area contributed by atoms with Crippen molar-refractivity contribution < 1.29 is 4.79 Å². The molecule has 112 valence electrons. The number of hydrogen-bond donors (Lipinski definition) is 1. The molecular formula is C14H13Cl3N2OS. The number of halogens is 3. The Hall–Kier alpha value is -0.810. The first kappa shape index (κ1) is 16.6. The standard InChI is InChI=1S/C14H13Cl3N2OS/c1-9-19-12(8-21-9)11-4-2-10(3-5-11)6-7-18-13(20)14(15,16)17/h2-5,8H,6-7H2,1H3,(H,18,20). The van der Waals surface area contributed by atoms with E-state index in [9.17, 15) is 4.79 Å². The van der Waals surface area contributed by atoms with Gasteiger partial charge in [0, 0.05) is 17.5 Å². The van der Waals surface area contributed by atoms with Gasteiger partial charge in [-0.05, 0) is 18.9 Å². The molecule has 2 aromatic rings. The highest BCUT2D eigenvalue weighted by atomic mass is 35.6. The Kier molecular flexibility index (Phi) is 5.49. The lowest BCUT2D eigenvalue weighted by Gasteiger charge is -2.11. The third-order valence-electron chi connectivity index (χ3n) is 2.83. The van der Waals surface area contributed by atoms with Gasteiger partial charge < -0.3 is 5.32 Å². The van der Waals surface area contributed by atoms with Crippen molar-refractivity contribution in [1.29, 1.82) is 0 Å². The summed E-state index contributed by atoms with van der Waals surface area (Å²) in [7, 11) is 0. The summed E-state index contributed by atoms with van der Waals surface area (Å²) in [4.78, 5) is 15.8. The topological polar surface area (TPSA) is 42.0 Å². The monoisotopic (exact) mass is 362 g/mol. The van der Waals surface area contributed by atoms with Crippen molar-refractivity contribution in [3.8, 4) is 11.3 Å². The predicted molar refractivity (Wildman–Crippen MR) is 89.3 cm³/mol. The molecule has 0 radical (unpaired) electrons. The van der Waals surface area contributed by atoms with Crippen LogP contribution in [0.4, 0.5) is 0 Å². The molecule has 0 saturated heterocycles. The summed E-state index contributed by atoms with van der Waals surface area (Å²) in [6.45, 7) is 2.40. The fourth-order valence-electron chi connectivity index (χ4n) is 1.76. The molecule has 0 unspecified atom stereocenters. The van der Waals surface area contributed by atoms with Crippen LogP contribution in [-0.2, 0) is 11.2 Å². The van der Waals surface area contributed by atoms with Crippen molar-refractivity contribution in [1.82, 2.24) is 10.3 Å². The van der Waals surface area contributed by atoms with E-state index in [2.05, 4.69) is 10.3 Å². The molecule has 0 saturated carbocycles. The Bertz CT molecular complexity index is 620. The van der Waals surface area contributed by atoms with Crippen LogP contribution < -0.4 is 5.32 Å². The first-order chi connectivity index (χ1) is 9.86. The van der Waals surface area contributed by atoms with E-state index in [1.54, 1.807) is 11.3 Å². The maximum absolute atomic E-state index is 11.4. The van der Waals surface area contributed by atoms with Gasteiger partial charge in [0.05, 0.1) is 10.7 Å². The number of amides is 1. The molecule has 1 amide bonds. The summed E-state index contributed by atoms with van der Waals surface area (Å²) < 4.78 is -1.91. The smallest absolute Gasteiger partial charge is 0.272 e. The quantitative estimate of drug-likeness (QED) is 0.829. The summed E-state index contributed by atoms with van der Waals surface area (Å²) in [5.74, 6) is -0.609. The van der Waals surface area contributed by atoms with Crippen LogP contribution >= 0.6 is 46.1 Å². The number of hydrogen-bond acceptors (Lipinski definition) is 3. The molecule has 1 aromatic heterocycles. The number of carbonyl (C=O) groups excluding carboxylic acids is 1. The molecule has 2 rings (SSSR count). The Labute approximate surface area is 142 Å². The van der Waals surface area contributed by atoms with Crippen LogP contribution in [0.2, 0.25) is 0 Å². The Balaban J connectivity index is 1.90. The number of aromatic nitrogens is 1. The zero-order chi connectivity index (χ0) is 15.5. The Morgan fingerprint density at radius 2 is 1.95 bits per heavy atom. The molecule has 0 aliphatic rings. The van der Waals surface area contributed by atoms with Crippen LogP contribution in [0.25, 0.3) is 11.3 Å². The predicted octanol–water partition coefficient (Wildman–Crippen LogP) is 4.15. The van der Waals surface area contributed by atoms with Crippen molar-refractivity contribution in [3.63, 3.8) is 0 Å². The third-order valence-corrected chi connectivity index (χ3v) is 4.11. The van der Waals surface area contributed by atoms with Gasteiger partial charge in [-0.25, -0.2) is 4.98 Å². The van der Waals surface area contributed by atoms with Crippen LogP contribution in [0, 0.1) is 6.92 Å². The minimum Gasteiger partial charge on any atom is -0.352 e. The fourth-order valence-corrected chi connectivity index (χ4v) is 2.58. The lowest BCUT2D eigenvalue weighted by Crippen LogP contribution is -2.35. The van der Waals surface area contributed by atoms with Crippen molar-refractivity contribution in [2.45, 2.75) is 17.1 Å². The highest BCUT2D eigenvalue weighted by Gasteiger charge is 2.29. The first-order valence-corrected chi connectivity index (χ1v) is 8.24. The van der Waals surface area contributed by atoms with Gasteiger partial charge in [-0.2, -0.15) is 0 Å². The van der Waals surface area contributed by atoms with Crippen LogP contribution in [0.1, 0.15) is 10.6 Å². The highest BCUT2D eigenvalue weighted by Crippen LogP contribution is 2.25. The molecule has 0 bridgehead atoms. The van der Waals surface area contributed by atoms with Gasteiger partial charge in [0.2, 0.25) is 0 Å². The summed E-state index contributed by atoms with van der Waals surface area (Å²) in [5, 5.41) is 5.65. The minimum atomic E-state index is -1.91. The van der Waals surface area contributed by atoms with E-state index < -0.39 is 9.70 Å². The number of thiazole rings is 1. The molecule has 1 heterocycles.